The first-order valence-corrected chi connectivity index (χ1v) is 6.59. The largest absolute Gasteiger partial charge is 0.481 e. The van der Waals surface area contributed by atoms with E-state index < -0.39 is 11.7 Å². The molecule has 0 bridgehead atoms. The molecule has 0 spiro atoms. The first-order valence-electron chi connectivity index (χ1n) is 6.59. The number of carbonyl (C=O) groups excluding carboxylic acids is 1. The van der Waals surface area contributed by atoms with Crippen molar-refractivity contribution in [1.82, 2.24) is 4.98 Å². The summed E-state index contributed by atoms with van der Waals surface area (Å²) in [4.78, 5) is 16.0. The van der Waals surface area contributed by atoms with Gasteiger partial charge >= 0.3 is 6.18 Å². The molecule has 0 unspecified atom stereocenters. The highest BCUT2D eigenvalue weighted by atomic mass is 19.4. The van der Waals surface area contributed by atoms with Gasteiger partial charge in [0.05, 0.1) is 12.7 Å². The van der Waals surface area contributed by atoms with Gasteiger partial charge in [0.15, 0.2) is 5.78 Å². The fraction of sp³-hybridized carbons (Fsp3) is 0.250. The molecule has 2 rings (SSSR count). The minimum atomic E-state index is -4.35. The minimum Gasteiger partial charge on any atom is -0.481 e. The number of hydrogen-bond acceptors (Lipinski definition) is 3. The van der Waals surface area contributed by atoms with Crippen LogP contribution < -0.4 is 4.74 Å². The molecule has 22 heavy (non-hydrogen) atoms. The number of hydrogen-bond donors (Lipinski definition) is 0. The first kappa shape index (κ1) is 16.0. The number of carbonyl (C=O) groups is 1. The maximum Gasteiger partial charge on any atom is 0.416 e. The topological polar surface area (TPSA) is 39.2 Å². The summed E-state index contributed by atoms with van der Waals surface area (Å²) in [6, 6.07) is 7.95. The van der Waals surface area contributed by atoms with Crippen LogP contribution in [0.25, 0.3) is 0 Å². The highest BCUT2D eigenvalue weighted by Crippen LogP contribution is 2.29. The zero-order chi connectivity index (χ0) is 16.2. The summed E-state index contributed by atoms with van der Waals surface area (Å²) < 4.78 is 42.3. The number of aryl methyl sites for hydroxylation is 1. The monoisotopic (exact) mass is 309 g/mol. The number of alkyl halides is 3. The molecule has 1 aromatic carbocycles. The van der Waals surface area contributed by atoms with Crippen LogP contribution in [0, 0.1) is 0 Å². The van der Waals surface area contributed by atoms with Crippen LogP contribution in [0.3, 0.4) is 0 Å². The van der Waals surface area contributed by atoms with E-state index in [0.29, 0.717) is 23.4 Å². The number of rotatable bonds is 5. The summed E-state index contributed by atoms with van der Waals surface area (Å²) in [5.41, 5.74) is 0.461. The van der Waals surface area contributed by atoms with Crippen LogP contribution in [0.2, 0.25) is 0 Å². The molecule has 0 saturated carbocycles. The zero-order valence-corrected chi connectivity index (χ0v) is 11.9. The zero-order valence-electron chi connectivity index (χ0n) is 11.9. The van der Waals surface area contributed by atoms with E-state index >= 15 is 0 Å². The average Bonchev–Trinajstić information content (AvgIpc) is 2.52. The van der Waals surface area contributed by atoms with Gasteiger partial charge in [0, 0.05) is 24.2 Å². The Kier molecular flexibility index (Phi) is 4.80. The van der Waals surface area contributed by atoms with Crippen molar-refractivity contribution in [2.75, 3.05) is 7.11 Å². The number of ether oxygens (including phenoxy) is 1. The Bertz CT molecular complexity index is 651. The molecule has 0 saturated heterocycles. The number of pyridine rings is 1. The van der Waals surface area contributed by atoms with Gasteiger partial charge in [-0.05, 0) is 30.2 Å². The van der Waals surface area contributed by atoms with E-state index in [9.17, 15) is 18.0 Å². The number of Topliss-reactive ketones (excluding diaryl/α,β-unsaturated/α-hetero) is 1. The SMILES string of the molecule is COc1cc(C(=O)CCc2ccc(C(F)(F)F)cc2)ccn1. The van der Waals surface area contributed by atoms with Gasteiger partial charge in [-0.1, -0.05) is 12.1 Å². The smallest absolute Gasteiger partial charge is 0.416 e. The van der Waals surface area contributed by atoms with Crippen molar-refractivity contribution < 1.29 is 22.7 Å². The Morgan fingerprint density at radius 1 is 1.18 bits per heavy atom. The predicted molar refractivity (Wildman–Crippen MR) is 74.9 cm³/mol. The van der Waals surface area contributed by atoms with Crippen molar-refractivity contribution in [2.24, 2.45) is 0 Å². The molecule has 0 aliphatic carbocycles. The van der Waals surface area contributed by atoms with Gasteiger partial charge < -0.3 is 4.74 Å². The van der Waals surface area contributed by atoms with E-state index in [1.54, 1.807) is 6.07 Å². The number of methoxy groups -OCH3 is 1. The predicted octanol–water partition coefficient (Wildman–Crippen LogP) is 3.92. The summed E-state index contributed by atoms with van der Waals surface area (Å²) in [5.74, 6) is 0.237. The third-order valence-corrected chi connectivity index (χ3v) is 3.19. The van der Waals surface area contributed by atoms with Gasteiger partial charge in [-0.2, -0.15) is 13.2 Å². The molecule has 0 atom stereocenters. The van der Waals surface area contributed by atoms with Crippen LogP contribution in [0.15, 0.2) is 42.6 Å². The lowest BCUT2D eigenvalue weighted by atomic mass is 10.0. The summed E-state index contributed by atoms with van der Waals surface area (Å²) in [6.45, 7) is 0. The van der Waals surface area contributed by atoms with Gasteiger partial charge in [0.2, 0.25) is 5.88 Å². The quantitative estimate of drug-likeness (QED) is 0.786. The maximum absolute atomic E-state index is 12.5. The van der Waals surface area contributed by atoms with Crippen molar-refractivity contribution in [3.8, 4) is 5.88 Å². The maximum atomic E-state index is 12.5. The summed E-state index contributed by atoms with van der Waals surface area (Å²) in [7, 11) is 1.46. The lowest BCUT2D eigenvalue weighted by Crippen LogP contribution is -2.05. The van der Waals surface area contributed by atoms with E-state index in [1.807, 2.05) is 0 Å². The second-order valence-electron chi connectivity index (χ2n) is 4.70. The van der Waals surface area contributed by atoms with Crippen molar-refractivity contribution in [3.63, 3.8) is 0 Å². The fourth-order valence-electron chi connectivity index (χ4n) is 1.96. The standard InChI is InChI=1S/C16H14F3NO2/c1-22-15-10-12(8-9-20-15)14(21)7-4-11-2-5-13(6-3-11)16(17,18)19/h2-3,5-6,8-10H,4,7H2,1H3. The van der Waals surface area contributed by atoms with Crippen molar-refractivity contribution in [2.45, 2.75) is 19.0 Å². The van der Waals surface area contributed by atoms with Gasteiger partial charge in [-0.25, -0.2) is 4.98 Å². The molecule has 0 radical (unpaired) electrons. The van der Waals surface area contributed by atoms with Gasteiger partial charge in [0.1, 0.15) is 0 Å². The fourth-order valence-corrected chi connectivity index (χ4v) is 1.96. The molecule has 2 aromatic rings. The van der Waals surface area contributed by atoms with E-state index in [2.05, 4.69) is 4.98 Å². The Morgan fingerprint density at radius 2 is 1.86 bits per heavy atom. The Labute approximate surface area is 125 Å². The molecule has 1 heterocycles. The van der Waals surface area contributed by atoms with E-state index in [4.69, 9.17) is 4.74 Å². The summed E-state index contributed by atoms with van der Waals surface area (Å²) >= 11 is 0. The molecule has 116 valence electrons. The van der Waals surface area contributed by atoms with Crippen molar-refractivity contribution in [3.05, 3.63) is 59.3 Å². The van der Waals surface area contributed by atoms with E-state index in [0.717, 1.165) is 12.1 Å². The van der Waals surface area contributed by atoms with Gasteiger partial charge in [-0.15, -0.1) is 0 Å². The third-order valence-electron chi connectivity index (χ3n) is 3.19. The van der Waals surface area contributed by atoms with Crippen molar-refractivity contribution in [1.29, 1.82) is 0 Å². The third kappa shape index (κ3) is 4.07. The molecule has 0 fully saturated rings. The van der Waals surface area contributed by atoms with Crippen LogP contribution in [0.4, 0.5) is 13.2 Å². The molecule has 3 nitrogen and oxygen atoms in total. The molecule has 0 N–H and O–H groups in total. The lowest BCUT2D eigenvalue weighted by molar-refractivity contribution is -0.137. The number of halogens is 3. The Hall–Kier alpha value is -2.37. The highest BCUT2D eigenvalue weighted by Gasteiger charge is 2.29. The molecule has 1 aromatic heterocycles. The normalized spacial score (nSPS) is 11.3. The molecular weight excluding hydrogens is 295 g/mol. The number of benzene rings is 1. The second kappa shape index (κ2) is 6.60. The summed E-state index contributed by atoms with van der Waals surface area (Å²) in [5, 5.41) is 0. The first-order chi connectivity index (χ1) is 10.4. The highest BCUT2D eigenvalue weighted by molar-refractivity contribution is 5.96. The Morgan fingerprint density at radius 3 is 2.45 bits per heavy atom. The average molecular weight is 309 g/mol. The molecular formula is C16H14F3NO2. The summed E-state index contributed by atoms with van der Waals surface area (Å²) in [6.07, 6.45) is -2.29. The molecule has 0 amide bonds. The lowest BCUT2D eigenvalue weighted by Gasteiger charge is -2.07. The minimum absolute atomic E-state index is 0.111. The molecule has 0 aliphatic rings. The van der Waals surface area contributed by atoms with E-state index in [-0.39, 0.29) is 12.2 Å². The number of ketones is 1. The van der Waals surface area contributed by atoms with E-state index in [1.165, 1.54) is 31.5 Å². The van der Waals surface area contributed by atoms with Crippen LogP contribution in [-0.4, -0.2) is 17.9 Å². The number of nitrogens with zero attached hydrogens (tertiary/aromatic N) is 1. The second-order valence-corrected chi connectivity index (χ2v) is 4.70. The molecule has 6 heteroatoms. The van der Waals surface area contributed by atoms with Gasteiger partial charge in [0.25, 0.3) is 0 Å². The van der Waals surface area contributed by atoms with Crippen LogP contribution >= 0.6 is 0 Å². The van der Waals surface area contributed by atoms with Crippen LogP contribution in [-0.2, 0) is 12.6 Å². The van der Waals surface area contributed by atoms with Crippen molar-refractivity contribution >= 4 is 5.78 Å². The van der Waals surface area contributed by atoms with Gasteiger partial charge in [-0.3, -0.25) is 4.79 Å². The van der Waals surface area contributed by atoms with Crippen LogP contribution in [0.5, 0.6) is 5.88 Å². The molecule has 0 aliphatic heterocycles. The van der Waals surface area contributed by atoms with Crippen LogP contribution in [0.1, 0.15) is 27.9 Å². The Balaban J connectivity index is 1.99. The number of aromatic nitrogens is 1.